The molecule has 1 aromatic heterocycles. The first-order chi connectivity index (χ1) is 10.7. The summed E-state index contributed by atoms with van der Waals surface area (Å²) in [5.74, 6) is -0.162. The molecule has 0 N–H and O–H groups in total. The molecular weight excluding hydrogens is 274 g/mol. The Kier molecular flexibility index (Phi) is 4.32. The quantitative estimate of drug-likeness (QED) is 0.801. The van der Waals surface area contributed by atoms with Crippen LogP contribution in [0.1, 0.15) is 52.6 Å². The third-order valence-corrected chi connectivity index (χ3v) is 4.50. The number of fused-ring (bicyclic) bond motifs is 1. The van der Waals surface area contributed by atoms with Crippen LogP contribution in [0.4, 0.5) is 0 Å². The van der Waals surface area contributed by atoms with Crippen molar-refractivity contribution in [2.75, 3.05) is 6.61 Å². The van der Waals surface area contributed by atoms with E-state index in [0.29, 0.717) is 6.61 Å². The summed E-state index contributed by atoms with van der Waals surface area (Å²) >= 11 is 0. The van der Waals surface area contributed by atoms with E-state index in [0.717, 1.165) is 37.1 Å². The van der Waals surface area contributed by atoms with Crippen molar-refractivity contribution in [2.45, 2.75) is 46.1 Å². The molecule has 1 heterocycles. The van der Waals surface area contributed by atoms with Gasteiger partial charge in [-0.15, -0.1) is 0 Å². The molecule has 1 aliphatic carbocycles. The molecule has 0 saturated carbocycles. The van der Waals surface area contributed by atoms with Gasteiger partial charge in [-0.3, -0.25) is 0 Å². The Bertz CT molecular complexity index is 670. The average Bonchev–Trinajstić information content (AvgIpc) is 2.81. The second-order valence-corrected chi connectivity index (χ2v) is 5.88. The Morgan fingerprint density at radius 1 is 1.18 bits per heavy atom. The summed E-state index contributed by atoms with van der Waals surface area (Å²) in [5, 5.41) is 0. The fourth-order valence-electron chi connectivity index (χ4n) is 3.47. The van der Waals surface area contributed by atoms with Gasteiger partial charge in [-0.1, -0.05) is 30.3 Å². The second-order valence-electron chi connectivity index (χ2n) is 5.88. The van der Waals surface area contributed by atoms with Crippen LogP contribution in [0.25, 0.3) is 0 Å². The van der Waals surface area contributed by atoms with E-state index in [2.05, 4.69) is 28.8 Å². The molecular formula is C19H23NO2. The van der Waals surface area contributed by atoms with Gasteiger partial charge in [-0.25, -0.2) is 4.79 Å². The molecule has 0 saturated heterocycles. The molecule has 0 bridgehead atoms. The number of esters is 1. The summed E-state index contributed by atoms with van der Waals surface area (Å²) in [5.41, 5.74) is 5.68. The normalized spacial score (nSPS) is 13.7. The molecule has 0 fully saturated rings. The molecule has 0 amide bonds. The van der Waals surface area contributed by atoms with Gasteiger partial charge in [-0.05, 0) is 50.7 Å². The number of aromatic nitrogens is 1. The van der Waals surface area contributed by atoms with Crippen LogP contribution in [0.2, 0.25) is 0 Å². The topological polar surface area (TPSA) is 31.2 Å². The van der Waals surface area contributed by atoms with Crippen LogP contribution in [0.3, 0.4) is 0 Å². The van der Waals surface area contributed by atoms with Crippen LogP contribution in [0.15, 0.2) is 30.3 Å². The van der Waals surface area contributed by atoms with Crippen LogP contribution >= 0.6 is 0 Å². The zero-order valence-corrected chi connectivity index (χ0v) is 13.4. The maximum Gasteiger partial charge on any atom is 0.340 e. The van der Waals surface area contributed by atoms with Gasteiger partial charge < -0.3 is 9.30 Å². The van der Waals surface area contributed by atoms with Crippen LogP contribution < -0.4 is 0 Å². The molecule has 3 rings (SSSR count). The van der Waals surface area contributed by atoms with Crippen molar-refractivity contribution >= 4 is 5.97 Å². The van der Waals surface area contributed by atoms with Crippen LogP contribution in [0, 0.1) is 6.92 Å². The molecule has 2 aromatic rings. The highest BCUT2D eigenvalue weighted by atomic mass is 16.5. The van der Waals surface area contributed by atoms with Gasteiger partial charge in [0.05, 0.1) is 12.2 Å². The van der Waals surface area contributed by atoms with E-state index >= 15 is 0 Å². The van der Waals surface area contributed by atoms with Crippen molar-refractivity contribution in [3.8, 4) is 0 Å². The van der Waals surface area contributed by atoms with Gasteiger partial charge in [0.25, 0.3) is 0 Å². The highest BCUT2D eigenvalue weighted by Gasteiger charge is 2.27. The minimum atomic E-state index is -0.162. The molecule has 1 aromatic carbocycles. The largest absolute Gasteiger partial charge is 0.462 e. The molecule has 0 unspecified atom stereocenters. The van der Waals surface area contributed by atoms with E-state index in [1.54, 1.807) is 0 Å². The van der Waals surface area contributed by atoms with Gasteiger partial charge in [0, 0.05) is 17.9 Å². The molecule has 3 heteroatoms. The summed E-state index contributed by atoms with van der Waals surface area (Å²) in [6.07, 6.45) is 4.41. The predicted octanol–water partition coefficient (Wildman–Crippen LogP) is 3.90. The van der Waals surface area contributed by atoms with Gasteiger partial charge in [0.1, 0.15) is 0 Å². The Morgan fingerprint density at radius 2 is 1.91 bits per heavy atom. The summed E-state index contributed by atoms with van der Waals surface area (Å²) in [6.45, 7) is 5.17. The highest BCUT2D eigenvalue weighted by molar-refractivity contribution is 5.93. The smallest absolute Gasteiger partial charge is 0.340 e. The number of hydrogen-bond donors (Lipinski definition) is 0. The van der Waals surface area contributed by atoms with Crippen molar-refractivity contribution in [3.05, 3.63) is 58.4 Å². The fraction of sp³-hybridized carbons (Fsp3) is 0.421. The summed E-state index contributed by atoms with van der Waals surface area (Å²) < 4.78 is 7.60. The first-order valence-electron chi connectivity index (χ1n) is 8.14. The molecule has 116 valence electrons. The van der Waals surface area contributed by atoms with Gasteiger partial charge in [0.15, 0.2) is 0 Å². The van der Waals surface area contributed by atoms with Crippen molar-refractivity contribution in [3.63, 3.8) is 0 Å². The third kappa shape index (κ3) is 2.68. The molecule has 0 aliphatic heterocycles. The molecule has 0 spiro atoms. The number of carbonyl (C=O) groups is 1. The number of ether oxygens (including phenoxy) is 1. The lowest BCUT2D eigenvalue weighted by molar-refractivity contribution is 0.0524. The van der Waals surface area contributed by atoms with Crippen LogP contribution in [0.5, 0.6) is 0 Å². The lowest BCUT2D eigenvalue weighted by atomic mass is 9.94. The average molecular weight is 297 g/mol. The van der Waals surface area contributed by atoms with Gasteiger partial charge in [-0.2, -0.15) is 0 Å². The third-order valence-electron chi connectivity index (χ3n) is 4.50. The minimum absolute atomic E-state index is 0.162. The molecule has 22 heavy (non-hydrogen) atoms. The van der Waals surface area contributed by atoms with Crippen LogP contribution in [-0.2, 0) is 24.1 Å². The van der Waals surface area contributed by atoms with Crippen molar-refractivity contribution in [1.82, 2.24) is 4.57 Å². The molecule has 0 radical (unpaired) electrons. The lowest BCUT2D eigenvalue weighted by Crippen LogP contribution is -2.10. The summed E-state index contributed by atoms with van der Waals surface area (Å²) in [7, 11) is 0. The highest BCUT2D eigenvalue weighted by Crippen LogP contribution is 2.31. The van der Waals surface area contributed by atoms with Crippen molar-refractivity contribution in [2.24, 2.45) is 0 Å². The summed E-state index contributed by atoms with van der Waals surface area (Å²) in [4.78, 5) is 12.4. The standard InChI is InChI=1S/C19H23NO2/c1-3-22-19(21)18-14(2)20(13-15-9-5-4-6-10-15)17-12-8-7-11-16(17)18/h4-6,9-10H,3,7-8,11-13H2,1-2H3. The zero-order valence-electron chi connectivity index (χ0n) is 13.4. The van der Waals surface area contributed by atoms with Crippen molar-refractivity contribution in [1.29, 1.82) is 0 Å². The lowest BCUT2D eigenvalue weighted by Gasteiger charge is -2.16. The number of rotatable bonds is 4. The second kappa shape index (κ2) is 6.39. The zero-order chi connectivity index (χ0) is 15.5. The van der Waals surface area contributed by atoms with E-state index in [1.807, 2.05) is 19.9 Å². The molecule has 0 atom stereocenters. The van der Waals surface area contributed by atoms with E-state index in [9.17, 15) is 4.79 Å². The Hall–Kier alpha value is -2.03. The maximum atomic E-state index is 12.4. The Morgan fingerprint density at radius 3 is 2.64 bits per heavy atom. The minimum Gasteiger partial charge on any atom is -0.462 e. The van der Waals surface area contributed by atoms with E-state index in [4.69, 9.17) is 4.74 Å². The van der Waals surface area contributed by atoms with E-state index in [-0.39, 0.29) is 5.97 Å². The van der Waals surface area contributed by atoms with E-state index in [1.165, 1.54) is 23.2 Å². The maximum absolute atomic E-state index is 12.4. The summed E-state index contributed by atoms with van der Waals surface area (Å²) in [6, 6.07) is 10.4. The van der Waals surface area contributed by atoms with Gasteiger partial charge >= 0.3 is 5.97 Å². The fourth-order valence-corrected chi connectivity index (χ4v) is 3.47. The number of nitrogens with zero attached hydrogens (tertiary/aromatic N) is 1. The predicted molar refractivity (Wildman–Crippen MR) is 87.3 cm³/mol. The van der Waals surface area contributed by atoms with Crippen LogP contribution in [-0.4, -0.2) is 17.1 Å². The van der Waals surface area contributed by atoms with E-state index < -0.39 is 0 Å². The SMILES string of the molecule is CCOC(=O)c1c2c(n(Cc3ccccc3)c1C)CCCC2. The van der Waals surface area contributed by atoms with Crippen molar-refractivity contribution < 1.29 is 9.53 Å². The van der Waals surface area contributed by atoms with Gasteiger partial charge in [0.2, 0.25) is 0 Å². The monoisotopic (exact) mass is 297 g/mol. The Labute approximate surface area is 131 Å². The number of benzene rings is 1. The number of carbonyl (C=O) groups excluding carboxylic acids is 1. The molecule has 3 nitrogen and oxygen atoms in total. The Balaban J connectivity index is 2.04. The first kappa shape index (κ1) is 14.9. The first-order valence-corrected chi connectivity index (χ1v) is 8.14. The number of hydrogen-bond acceptors (Lipinski definition) is 2. The molecule has 1 aliphatic rings.